The lowest BCUT2D eigenvalue weighted by molar-refractivity contribution is -0.139. The van der Waals surface area contributed by atoms with Crippen LogP contribution in [-0.2, 0) is 9.59 Å². The molecule has 0 amide bonds. The van der Waals surface area contributed by atoms with Crippen LogP contribution in [0.1, 0.15) is 25.7 Å². The average Bonchev–Trinajstić information content (AvgIpc) is 2.77. The number of aliphatic hydroxyl groups is 1. The summed E-state index contributed by atoms with van der Waals surface area (Å²) < 4.78 is 0. The van der Waals surface area contributed by atoms with E-state index in [1.54, 1.807) is 0 Å². The molecule has 112 valence electrons. The zero-order chi connectivity index (χ0) is 14.8. The minimum Gasteiger partial charge on any atom is -0.480 e. The highest BCUT2D eigenvalue weighted by atomic mass is 16.4. The first-order valence-electron chi connectivity index (χ1n) is 6.21. The van der Waals surface area contributed by atoms with E-state index >= 15 is 0 Å². The number of aliphatic carboxylic acids is 2. The van der Waals surface area contributed by atoms with Crippen LogP contribution in [0.15, 0.2) is 0 Å². The first-order chi connectivity index (χ1) is 8.88. The van der Waals surface area contributed by atoms with Crippen molar-refractivity contribution in [1.29, 1.82) is 0 Å². The van der Waals surface area contributed by atoms with Gasteiger partial charge in [0.1, 0.15) is 12.1 Å². The second-order valence-electron chi connectivity index (χ2n) is 4.42. The summed E-state index contributed by atoms with van der Waals surface area (Å²) in [5, 5.41) is 28.2. The van der Waals surface area contributed by atoms with E-state index in [9.17, 15) is 9.59 Å². The van der Waals surface area contributed by atoms with Crippen LogP contribution in [0.3, 0.4) is 0 Å². The van der Waals surface area contributed by atoms with Crippen molar-refractivity contribution in [3.63, 3.8) is 0 Å². The number of carboxylic acids is 2. The fourth-order valence-electron chi connectivity index (χ4n) is 1.54. The second kappa shape index (κ2) is 9.68. The summed E-state index contributed by atoms with van der Waals surface area (Å²) in [7, 11) is 0. The topological polar surface area (TPSA) is 159 Å². The van der Waals surface area contributed by atoms with Gasteiger partial charge in [0.15, 0.2) is 0 Å². The van der Waals surface area contributed by atoms with Gasteiger partial charge in [-0.2, -0.15) is 0 Å². The number of hydrogen-bond donors (Lipinski definition) is 6. The summed E-state index contributed by atoms with van der Waals surface area (Å²) in [6.45, 7) is 1.00. The number of carboxylic acid groups (broad SMARTS) is 2. The molecular weight excluding hydrogens is 254 g/mol. The summed E-state index contributed by atoms with van der Waals surface area (Å²) in [6, 6.07) is -1.26. The molecule has 1 heterocycles. The Balaban J connectivity index is 0.000000342. The molecule has 2 unspecified atom stereocenters. The quantitative estimate of drug-likeness (QED) is 0.314. The second-order valence-corrected chi connectivity index (χ2v) is 4.42. The van der Waals surface area contributed by atoms with Crippen molar-refractivity contribution in [2.24, 2.45) is 11.5 Å². The van der Waals surface area contributed by atoms with Crippen LogP contribution in [0.4, 0.5) is 0 Å². The molecule has 1 saturated heterocycles. The number of hydrogen-bond acceptors (Lipinski definition) is 6. The van der Waals surface area contributed by atoms with Crippen molar-refractivity contribution >= 4 is 11.9 Å². The van der Waals surface area contributed by atoms with Gasteiger partial charge in [0, 0.05) is 13.0 Å². The van der Waals surface area contributed by atoms with Crippen molar-refractivity contribution in [3.8, 4) is 0 Å². The smallest absolute Gasteiger partial charge is 0.320 e. The van der Waals surface area contributed by atoms with E-state index in [-0.39, 0.29) is 0 Å². The van der Waals surface area contributed by atoms with Crippen molar-refractivity contribution in [2.75, 3.05) is 13.1 Å². The molecule has 8 heteroatoms. The minimum absolute atomic E-state index is 0.329. The van der Waals surface area contributed by atoms with Crippen LogP contribution in [0.25, 0.3) is 0 Å². The number of aliphatic hydroxyl groups excluding tert-OH is 1. The van der Waals surface area contributed by atoms with Gasteiger partial charge in [-0.05, 0) is 19.4 Å². The van der Waals surface area contributed by atoms with Crippen molar-refractivity contribution in [2.45, 2.75) is 43.9 Å². The fraction of sp³-hybridized carbons (Fsp3) is 0.818. The molecule has 0 aromatic carbocycles. The molecule has 0 spiro atoms. The standard InChI is InChI=1S/C6H14N2O2.C5H9NO3/c7-4-2-1-3-5(8)6(9)10;7-3-1-4(5(8)9)6-2-3/h5H,1-4,7-8H2,(H,9,10);3-4,6-7H,1-2H2,(H,8,9)/t;3?,4-/m.0/s1. The van der Waals surface area contributed by atoms with Gasteiger partial charge < -0.3 is 32.1 Å². The molecular formula is C11H23N3O5. The fourth-order valence-corrected chi connectivity index (χ4v) is 1.54. The molecule has 1 fully saturated rings. The lowest BCUT2D eigenvalue weighted by atomic mass is 10.1. The maximum absolute atomic E-state index is 10.2. The van der Waals surface area contributed by atoms with E-state index in [1.807, 2.05) is 0 Å². The van der Waals surface area contributed by atoms with E-state index in [4.69, 9.17) is 26.8 Å². The molecule has 0 bridgehead atoms. The molecule has 0 aromatic rings. The number of nitrogens with two attached hydrogens (primary N) is 2. The van der Waals surface area contributed by atoms with Gasteiger partial charge in [-0.15, -0.1) is 0 Å². The Kier molecular flexibility index (Phi) is 9.06. The monoisotopic (exact) mass is 277 g/mol. The van der Waals surface area contributed by atoms with Gasteiger partial charge >= 0.3 is 11.9 Å². The molecule has 0 aromatic heterocycles. The zero-order valence-electron chi connectivity index (χ0n) is 10.8. The van der Waals surface area contributed by atoms with E-state index in [2.05, 4.69) is 5.32 Å². The van der Waals surface area contributed by atoms with Gasteiger partial charge in [0.2, 0.25) is 0 Å². The highest BCUT2D eigenvalue weighted by Crippen LogP contribution is 2.05. The Labute approximate surface area is 111 Å². The summed E-state index contributed by atoms with van der Waals surface area (Å²) in [6.07, 6.45) is 2.01. The molecule has 1 aliphatic rings. The van der Waals surface area contributed by atoms with Gasteiger partial charge in [-0.25, -0.2) is 0 Å². The van der Waals surface area contributed by atoms with Crippen LogP contribution < -0.4 is 16.8 Å². The largest absolute Gasteiger partial charge is 0.480 e. The number of β-amino-alcohol motifs (C(OH)–C–C–N with tert-alkyl or cyclic N) is 1. The first kappa shape index (κ1) is 17.8. The van der Waals surface area contributed by atoms with Crippen LogP contribution in [-0.4, -0.2) is 58.5 Å². The Hall–Kier alpha value is -1.22. The highest BCUT2D eigenvalue weighted by Gasteiger charge is 2.27. The van der Waals surface area contributed by atoms with Gasteiger partial charge in [0.25, 0.3) is 0 Å². The SMILES string of the molecule is NCCCCC(N)C(=O)O.O=C(O)[C@@H]1CC(O)CN1. The molecule has 0 radical (unpaired) electrons. The lowest BCUT2D eigenvalue weighted by Gasteiger charge is -2.03. The van der Waals surface area contributed by atoms with E-state index in [1.165, 1.54) is 0 Å². The number of carbonyl (C=O) groups is 2. The molecule has 0 aliphatic carbocycles. The molecule has 0 saturated carbocycles. The number of nitrogens with one attached hydrogen (secondary N) is 1. The summed E-state index contributed by atoms with van der Waals surface area (Å²) >= 11 is 0. The third-order valence-electron chi connectivity index (χ3n) is 2.69. The lowest BCUT2D eigenvalue weighted by Crippen LogP contribution is -2.29. The van der Waals surface area contributed by atoms with E-state index in [0.717, 1.165) is 12.8 Å². The number of rotatable bonds is 6. The molecule has 1 aliphatic heterocycles. The summed E-state index contributed by atoms with van der Waals surface area (Å²) in [5.41, 5.74) is 10.4. The first-order valence-corrected chi connectivity index (χ1v) is 6.21. The predicted molar refractivity (Wildman–Crippen MR) is 68.6 cm³/mol. The maximum atomic E-state index is 10.2. The molecule has 8 N–H and O–H groups in total. The van der Waals surface area contributed by atoms with Crippen LogP contribution >= 0.6 is 0 Å². The van der Waals surface area contributed by atoms with Gasteiger partial charge in [-0.3, -0.25) is 9.59 Å². The normalized spacial score (nSPS) is 23.3. The molecule has 1 rings (SSSR count). The Morgan fingerprint density at radius 3 is 2.26 bits per heavy atom. The van der Waals surface area contributed by atoms with Crippen LogP contribution in [0.5, 0.6) is 0 Å². The predicted octanol–water partition coefficient (Wildman–Crippen LogP) is -1.68. The van der Waals surface area contributed by atoms with Crippen molar-refractivity contribution in [3.05, 3.63) is 0 Å². The third kappa shape index (κ3) is 8.49. The molecule has 8 nitrogen and oxygen atoms in total. The highest BCUT2D eigenvalue weighted by molar-refractivity contribution is 5.74. The van der Waals surface area contributed by atoms with Gasteiger partial charge in [0.05, 0.1) is 6.10 Å². The average molecular weight is 277 g/mol. The van der Waals surface area contributed by atoms with E-state index < -0.39 is 30.1 Å². The number of unbranched alkanes of at least 4 members (excludes halogenated alkanes) is 1. The van der Waals surface area contributed by atoms with Crippen molar-refractivity contribution in [1.82, 2.24) is 5.32 Å². The van der Waals surface area contributed by atoms with Crippen molar-refractivity contribution < 1.29 is 24.9 Å². The maximum Gasteiger partial charge on any atom is 0.320 e. The Bertz CT molecular complexity index is 288. The van der Waals surface area contributed by atoms with Crippen LogP contribution in [0.2, 0.25) is 0 Å². The Morgan fingerprint density at radius 1 is 1.32 bits per heavy atom. The van der Waals surface area contributed by atoms with Crippen LogP contribution in [0, 0.1) is 0 Å². The van der Waals surface area contributed by atoms with Gasteiger partial charge in [-0.1, -0.05) is 6.42 Å². The molecule has 3 atom stereocenters. The Morgan fingerprint density at radius 2 is 1.95 bits per heavy atom. The summed E-state index contributed by atoms with van der Waals surface area (Å²) in [4.78, 5) is 20.3. The summed E-state index contributed by atoms with van der Waals surface area (Å²) in [5.74, 6) is -1.82. The van der Waals surface area contributed by atoms with E-state index in [0.29, 0.717) is 25.9 Å². The third-order valence-corrected chi connectivity index (χ3v) is 2.69. The molecule has 19 heavy (non-hydrogen) atoms. The minimum atomic E-state index is -0.933. The zero-order valence-corrected chi connectivity index (χ0v) is 10.8.